The molecule has 0 radical (unpaired) electrons. The van der Waals surface area contributed by atoms with E-state index < -0.39 is 0 Å². The highest BCUT2D eigenvalue weighted by atomic mass is 16.5. The molecule has 0 spiro atoms. The number of benzene rings is 1. The van der Waals surface area contributed by atoms with Crippen LogP contribution in [0.25, 0.3) is 0 Å². The predicted molar refractivity (Wildman–Crippen MR) is 69.7 cm³/mol. The van der Waals surface area contributed by atoms with Crippen LogP contribution in [0.4, 0.5) is 0 Å². The number of aromatic nitrogens is 2. The number of aryl methyl sites for hydroxylation is 1. The molecule has 2 aromatic rings. The Balaban J connectivity index is 2.05. The van der Waals surface area contributed by atoms with Gasteiger partial charge in [0.2, 0.25) is 0 Å². The van der Waals surface area contributed by atoms with Crippen molar-refractivity contribution in [1.82, 2.24) is 9.55 Å². The Labute approximate surface area is 107 Å². The number of ether oxygens (including phenoxy) is 1. The Morgan fingerprint density at radius 2 is 2.06 bits per heavy atom. The van der Waals surface area contributed by atoms with Crippen LogP contribution in [0, 0.1) is 0 Å². The van der Waals surface area contributed by atoms with Gasteiger partial charge in [-0.2, -0.15) is 0 Å². The van der Waals surface area contributed by atoms with Crippen molar-refractivity contribution in [2.24, 2.45) is 0 Å². The highest BCUT2D eigenvalue weighted by Gasteiger charge is 2.03. The van der Waals surface area contributed by atoms with E-state index in [2.05, 4.69) is 21.7 Å². The van der Waals surface area contributed by atoms with E-state index in [4.69, 9.17) is 9.84 Å². The molecule has 1 aromatic heterocycles. The zero-order valence-corrected chi connectivity index (χ0v) is 10.5. The van der Waals surface area contributed by atoms with Gasteiger partial charge in [-0.3, -0.25) is 0 Å². The summed E-state index contributed by atoms with van der Waals surface area (Å²) in [6, 6.07) is 8.02. The Hall–Kier alpha value is -1.81. The number of imidazole rings is 1. The largest absolute Gasteiger partial charge is 0.497 e. The first-order chi connectivity index (χ1) is 8.83. The molecule has 0 amide bonds. The Bertz CT molecular complexity index is 477. The maximum atomic E-state index is 8.86. The van der Waals surface area contributed by atoms with Crippen LogP contribution in [-0.4, -0.2) is 28.4 Å². The van der Waals surface area contributed by atoms with Crippen molar-refractivity contribution in [3.8, 4) is 5.75 Å². The minimum atomic E-state index is 0.216. The lowest BCUT2D eigenvalue weighted by molar-refractivity contribution is 0.287. The summed E-state index contributed by atoms with van der Waals surface area (Å²) in [6.45, 7) is 1.01. The van der Waals surface area contributed by atoms with Crippen LogP contribution in [0.2, 0.25) is 0 Å². The third-order valence-electron chi connectivity index (χ3n) is 2.90. The molecule has 0 aliphatic heterocycles. The summed E-state index contributed by atoms with van der Waals surface area (Å²) in [7, 11) is 1.66. The first kappa shape index (κ1) is 12.6. The molecule has 96 valence electrons. The fourth-order valence-electron chi connectivity index (χ4n) is 1.89. The smallest absolute Gasteiger partial charge is 0.118 e. The zero-order chi connectivity index (χ0) is 12.8. The number of hydrogen-bond donors (Lipinski definition) is 1. The normalized spacial score (nSPS) is 10.6. The van der Waals surface area contributed by atoms with E-state index in [0.29, 0.717) is 0 Å². The van der Waals surface area contributed by atoms with E-state index in [0.717, 1.165) is 30.8 Å². The van der Waals surface area contributed by atoms with Crippen molar-refractivity contribution in [3.05, 3.63) is 48.0 Å². The molecular formula is C14H18N2O2. The van der Waals surface area contributed by atoms with Gasteiger partial charge in [-0.15, -0.1) is 0 Å². The second kappa shape index (κ2) is 6.21. The topological polar surface area (TPSA) is 47.3 Å². The molecule has 1 heterocycles. The maximum Gasteiger partial charge on any atom is 0.118 e. The van der Waals surface area contributed by atoms with Gasteiger partial charge in [0, 0.05) is 25.0 Å². The summed E-state index contributed by atoms with van der Waals surface area (Å²) < 4.78 is 7.24. The molecule has 0 unspecified atom stereocenters. The van der Waals surface area contributed by atoms with Crippen molar-refractivity contribution in [2.45, 2.75) is 19.4 Å². The third-order valence-corrected chi connectivity index (χ3v) is 2.90. The average molecular weight is 246 g/mol. The second-order valence-electron chi connectivity index (χ2n) is 4.19. The molecule has 0 aliphatic rings. The van der Waals surface area contributed by atoms with Crippen molar-refractivity contribution < 1.29 is 9.84 Å². The molecule has 2 rings (SSSR count). The highest BCUT2D eigenvalue weighted by Crippen LogP contribution is 2.13. The van der Waals surface area contributed by atoms with Crippen molar-refractivity contribution >= 4 is 0 Å². The molecule has 1 N–H and O–H groups in total. The SMILES string of the molecule is COc1ccc(Cn2cncc2CCCO)cc1. The molecular weight excluding hydrogens is 228 g/mol. The third kappa shape index (κ3) is 3.11. The number of rotatable bonds is 6. The summed E-state index contributed by atoms with van der Waals surface area (Å²) in [5.41, 5.74) is 2.36. The molecule has 4 heteroatoms. The van der Waals surface area contributed by atoms with E-state index in [1.54, 1.807) is 7.11 Å². The van der Waals surface area contributed by atoms with E-state index in [-0.39, 0.29) is 6.61 Å². The quantitative estimate of drug-likeness (QED) is 0.846. The summed E-state index contributed by atoms with van der Waals surface area (Å²) in [6.07, 6.45) is 5.32. The van der Waals surface area contributed by atoms with Crippen LogP contribution in [0.5, 0.6) is 5.75 Å². The van der Waals surface area contributed by atoms with E-state index in [1.807, 2.05) is 24.7 Å². The van der Waals surface area contributed by atoms with Crippen molar-refractivity contribution in [3.63, 3.8) is 0 Å². The molecule has 0 bridgehead atoms. The van der Waals surface area contributed by atoms with Gasteiger partial charge in [-0.1, -0.05) is 12.1 Å². The zero-order valence-electron chi connectivity index (χ0n) is 10.5. The molecule has 0 atom stereocenters. The second-order valence-corrected chi connectivity index (χ2v) is 4.19. The van der Waals surface area contributed by atoms with E-state index in [9.17, 15) is 0 Å². The van der Waals surface area contributed by atoms with Crippen LogP contribution in [0.1, 0.15) is 17.7 Å². The van der Waals surface area contributed by atoms with Gasteiger partial charge in [0.15, 0.2) is 0 Å². The first-order valence-corrected chi connectivity index (χ1v) is 6.06. The molecule has 0 aliphatic carbocycles. The molecule has 4 nitrogen and oxygen atoms in total. The summed E-state index contributed by atoms with van der Waals surface area (Å²) in [5, 5.41) is 8.86. The number of aliphatic hydroxyl groups is 1. The molecule has 0 saturated heterocycles. The van der Waals surface area contributed by atoms with E-state index >= 15 is 0 Å². The lowest BCUT2D eigenvalue weighted by atomic mass is 10.2. The van der Waals surface area contributed by atoms with Gasteiger partial charge in [0.1, 0.15) is 5.75 Å². The van der Waals surface area contributed by atoms with Crippen molar-refractivity contribution in [1.29, 1.82) is 0 Å². The van der Waals surface area contributed by atoms with Gasteiger partial charge >= 0.3 is 0 Å². The lowest BCUT2D eigenvalue weighted by Crippen LogP contribution is -2.04. The molecule has 1 aromatic carbocycles. The van der Waals surface area contributed by atoms with E-state index in [1.165, 1.54) is 5.56 Å². The van der Waals surface area contributed by atoms with Crippen LogP contribution < -0.4 is 4.74 Å². The van der Waals surface area contributed by atoms with Gasteiger partial charge < -0.3 is 14.4 Å². The Morgan fingerprint density at radius 3 is 2.72 bits per heavy atom. The van der Waals surface area contributed by atoms with Gasteiger partial charge in [0.05, 0.1) is 13.4 Å². The lowest BCUT2D eigenvalue weighted by Gasteiger charge is -2.08. The van der Waals surface area contributed by atoms with Gasteiger partial charge in [-0.05, 0) is 30.5 Å². The monoisotopic (exact) mass is 246 g/mol. The number of nitrogens with zero attached hydrogens (tertiary/aromatic N) is 2. The summed E-state index contributed by atoms with van der Waals surface area (Å²) in [4.78, 5) is 4.16. The predicted octanol–water partition coefficient (Wildman–Crippen LogP) is 1.86. The summed E-state index contributed by atoms with van der Waals surface area (Å²) >= 11 is 0. The molecule has 0 saturated carbocycles. The minimum Gasteiger partial charge on any atom is -0.497 e. The summed E-state index contributed by atoms with van der Waals surface area (Å²) in [5.74, 6) is 0.866. The number of hydrogen-bond acceptors (Lipinski definition) is 3. The van der Waals surface area contributed by atoms with Crippen LogP contribution >= 0.6 is 0 Å². The molecule has 18 heavy (non-hydrogen) atoms. The van der Waals surface area contributed by atoms with Gasteiger partial charge in [-0.25, -0.2) is 4.98 Å². The van der Waals surface area contributed by atoms with Gasteiger partial charge in [0.25, 0.3) is 0 Å². The fraction of sp³-hybridized carbons (Fsp3) is 0.357. The highest BCUT2D eigenvalue weighted by molar-refractivity contribution is 5.27. The fourth-order valence-corrected chi connectivity index (χ4v) is 1.89. The van der Waals surface area contributed by atoms with Crippen LogP contribution in [-0.2, 0) is 13.0 Å². The Kier molecular flexibility index (Phi) is 4.36. The van der Waals surface area contributed by atoms with Crippen molar-refractivity contribution in [2.75, 3.05) is 13.7 Å². The number of methoxy groups -OCH3 is 1. The Morgan fingerprint density at radius 1 is 1.28 bits per heavy atom. The molecule has 0 fully saturated rings. The average Bonchev–Trinajstić information content (AvgIpc) is 2.84. The standard InChI is InChI=1S/C14H18N2O2/c1-18-14-6-4-12(5-7-14)10-16-11-15-9-13(16)3-2-8-17/h4-7,9,11,17H,2-3,8,10H2,1H3. The number of aliphatic hydroxyl groups excluding tert-OH is 1. The van der Waals surface area contributed by atoms with Crippen LogP contribution in [0.15, 0.2) is 36.8 Å². The first-order valence-electron chi connectivity index (χ1n) is 6.06. The van der Waals surface area contributed by atoms with Crippen LogP contribution in [0.3, 0.4) is 0 Å². The maximum absolute atomic E-state index is 8.86. The minimum absolute atomic E-state index is 0.216.